The number of hydrogen-bond donors (Lipinski definition) is 0. The summed E-state index contributed by atoms with van der Waals surface area (Å²) in [6.45, 7) is 7.38. The van der Waals surface area contributed by atoms with Crippen molar-refractivity contribution in [1.82, 2.24) is 4.57 Å². The van der Waals surface area contributed by atoms with Gasteiger partial charge in [0.2, 0.25) is 0 Å². The van der Waals surface area contributed by atoms with Crippen LogP contribution >= 0.6 is 11.6 Å². The lowest BCUT2D eigenvalue weighted by atomic mass is 9.93. The van der Waals surface area contributed by atoms with Crippen molar-refractivity contribution < 1.29 is 9.18 Å². The predicted octanol–water partition coefficient (Wildman–Crippen LogP) is 3.87. The maximum Gasteiger partial charge on any atom is 0.258 e. The number of halogens is 2. The Balaban J connectivity index is 3.06. The van der Waals surface area contributed by atoms with Crippen LogP contribution in [0.1, 0.15) is 16.8 Å². The number of carbonyl (C=O) groups excluding carboxylic acids is 1. The Morgan fingerprint density at radius 1 is 1.26 bits per heavy atom. The first-order chi connectivity index (χ1) is 11.0. The Morgan fingerprint density at radius 2 is 1.91 bits per heavy atom. The molecule has 0 aliphatic carbocycles. The zero-order valence-corrected chi connectivity index (χ0v) is 13.4. The number of carbonyl (C=O) groups is 1. The van der Waals surface area contributed by atoms with E-state index in [1.807, 2.05) is 0 Å². The van der Waals surface area contributed by atoms with Gasteiger partial charge in [0.15, 0.2) is 0 Å². The molecule has 0 amide bonds. The molecule has 0 N–H and O–H groups in total. The molecule has 0 bridgehead atoms. The molecular formula is C18H15ClFNO2. The van der Waals surface area contributed by atoms with Gasteiger partial charge in [-0.15, -0.1) is 0 Å². The summed E-state index contributed by atoms with van der Waals surface area (Å²) < 4.78 is 15.2. The average molecular weight is 332 g/mol. The molecule has 0 radical (unpaired) electrons. The second kappa shape index (κ2) is 6.75. The van der Waals surface area contributed by atoms with E-state index in [9.17, 15) is 14.0 Å². The number of aromatic nitrogens is 1. The molecule has 1 aromatic carbocycles. The molecule has 118 valence electrons. The van der Waals surface area contributed by atoms with Crippen LogP contribution in [0.5, 0.6) is 0 Å². The van der Waals surface area contributed by atoms with Crippen LogP contribution in [0.25, 0.3) is 23.3 Å². The summed E-state index contributed by atoms with van der Waals surface area (Å²) in [7, 11) is 1.55. The summed E-state index contributed by atoms with van der Waals surface area (Å²) in [4.78, 5) is 23.5. The lowest BCUT2D eigenvalue weighted by molar-refractivity contribution is -0.107. The first-order valence-corrected chi connectivity index (χ1v) is 7.24. The highest BCUT2D eigenvalue weighted by Crippen LogP contribution is 2.36. The third-order valence-electron chi connectivity index (χ3n) is 3.69. The van der Waals surface area contributed by atoms with Crippen LogP contribution in [0.15, 0.2) is 36.2 Å². The van der Waals surface area contributed by atoms with E-state index in [-0.39, 0.29) is 17.0 Å². The number of hydrogen-bond acceptors (Lipinski definition) is 2. The van der Waals surface area contributed by atoms with Crippen molar-refractivity contribution in [3.05, 3.63) is 69.4 Å². The minimum Gasteiger partial charge on any atom is -0.314 e. The van der Waals surface area contributed by atoms with Gasteiger partial charge in [0.05, 0.1) is 5.02 Å². The predicted molar refractivity (Wildman–Crippen MR) is 92.0 cm³/mol. The zero-order valence-electron chi connectivity index (χ0n) is 12.6. The number of benzene rings is 1. The van der Waals surface area contributed by atoms with Crippen molar-refractivity contribution in [2.45, 2.75) is 6.42 Å². The number of aldehydes is 1. The maximum atomic E-state index is 13.9. The molecule has 1 aromatic heterocycles. The first-order valence-electron chi connectivity index (χ1n) is 6.86. The van der Waals surface area contributed by atoms with Crippen molar-refractivity contribution in [2.24, 2.45) is 7.05 Å². The van der Waals surface area contributed by atoms with Gasteiger partial charge in [-0.05, 0) is 11.6 Å². The van der Waals surface area contributed by atoms with E-state index in [0.717, 1.165) is 0 Å². The quantitative estimate of drug-likeness (QED) is 0.780. The van der Waals surface area contributed by atoms with Gasteiger partial charge in [0.25, 0.3) is 5.56 Å². The van der Waals surface area contributed by atoms with Crippen LogP contribution in [0.3, 0.4) is 0 Å². The molecule has 2 aromatic rings. The molecular weight excluding hydrogens is 317 g/mol. The molecule has 0 saturated heterocycles. The van der Waals surface area contributed by atoms with E-state index >= 15 is 0 Å². The fraction of sp³-hybridized carbons (Fsp3) is 0.111. The van der Waals surface area contributed by atoms with E-state index < -0.39 is 5.82 Å². The molecule has 0 unspecified atom stereocenters. The smallest absolute Gasteiger partial charge is 0.258 e. The molecule has 23 heavy (non-hydrogen) atoms. The first kappa shape index (κ1) is 16.9. The standard InChI is InChI=1S/C18H15ClFNO2/c1-4-11-12(5-2)18(23)21(3)15(9-10-22)16(11)13-7-6-8-14(20)17(13)19/h4-8,10H,1-2,9H2,3H3. The lowest BCUT2D eigenvalue weighted by Crippen LogP contribution is -2.25. The highest BCUT2D eigenvalue weighted by Gasteiger charge is 2.21. The van der Waals surface area contributed by atoms with Crippen LogP contribution in [-0.2, 0) is 18.3 Å². The Hall–Kier alpha value is -2.46. The van der Waals surface area contributed by atoms with Crippen molar-refractivity contribution in [2.75, 3.05) is 0 Å². The Labute approximate surface area is 138 Å². The Morgan fingerprint density at radius 3 is 2.48 bits per heavy atom. The van der Waals surface area contributed by atoms with Gasteiger partial charge in [-0.3, -0.25) is 4.79 Å². The van der Waals surface area contributed by atoms with Gasteiger partial charge in [0.1, 0.15) is 12.1 Å². The molecule has 0 spiro atoms. The third kappa shape index (κ3) is 2.78. The monoisotopic (exact) mass is 331 g/mol. The molecule has 3 nitrogen and oxygen atoms in total. The lowest BCUT2D eigenvalue weighted by Gasteiger charge is -2.19. The largest absolute Gasteiger partial charge is 0.314 e. The summed E-state index contributed by atoms with van der Waals surface area (Å²) >= 11 is 6.11. The topological polar surface area (TPSA) is 39.1 Å². The normalized spacial score (nSPS) is 10.4. The Bertz CT molecular complexity index is 868. The van der Waals surface area contributed by atoms with Gasteiger partial charge in [-0.25, -0.2) is 4.39 Å². The molecule has 0 saturated carbocycles. The molecule has 1 heterocycles. The van der Waals surface area contributed by atoms with E-state index in [2.05, 4.69) is 13.2 Å². The molecule has 5 heteroatoms. The second-order valence-corrected chi connectivity index (χ2v) is 5.27. The van der Waals surface area contributed by atoms with E-state index in [0.29, 0.717) is 34.2 Å². The summed E-state index contributed by atoms with van der Waals surface area (Å²) in [6, 6.07) is 4.40. The van der Waals surface area contributed by atoms with E-state index in [1.54, 1.807) is 13.1 Å². The fourth-order valence-electron chi connectivity index (χ4n) is 2.60. The molecule has 0 aliphatic heterocycles. The number of rotatable bonds is 5. The Kier molecular flexibility index (Phi) is 4.96. The van der Waals surface area contributed by atoms with Crippen molar-refractivity contribution >= 4 is 30.0 Å². The van der Waals surface area contributed by atoms with Crippen molar-refractivity contribution in [1.29, 1.82) is 0 Å². The summed E-state index contributed by atoms with van der Waals surface area (Å²) in [5, 5.41) is -0.0728. The molecule has 0 fully saturated rings. The minimum atomic E-state index is -0.578. The van der Waals surface area contributed by atoms with Gasteiger partial charge in [-0.1, -0.05) is 49.0 Å². The summed E-state index contributed by atoms with van der Waals surface area (Å²) in [5.41, 5.74) is 1.85. The van der Waals surface area contributed by atoms with Gasteiger partial charge in [0, 0.05) is 35.9 Å². The molecule has 2 rings (SSSR count). The van der Waals surface area contributed by atoms with Gasteiger partial charge >= 0.3 is 0 Å². The van der Waals surface area contributed by atoms with Gasteiger partial charge < -0.3 is 9.36 Å². The van der Waals surface area contributed by atoms with E-state index in [1.165, 1.54) is 28.9 Å². The highest BCUT2D eigenvalue weighted by molar-refractivity contribution is 6.33. The van der Waals surface area contributed by atoms with Crippen LogP contribution in [0, 0.1) is 5.82 Å². The fourth-order valence-corrected chi connectivity index (χ4v) is 2.82. The van der Waals surface area contributed by atoms with Crippen molar-refractivity contribution in [3.8, 4) is 11.1 Å². The second-order valence-electron chi connectivity index (χ2n) is 4.89. The minimum absolute atomic E-state index is 0.00776. The molecule has 0 atom stereocenters. The van der Waals surface area contributed by atoms with E-state index in [4.69, 9.17) is 11.6 Å². The van der Waals surface area contributed by atoms with Gasteiger partial charge in [-0.2, -0.15) is 0 Å². The van der Waals surface area contributed by atoms with Crippen molar-refractivity contribution in [3.63, 3.8) is 0 Å². The summed E-state index contributed by atoms with van der Waals surface area (Å²) in [5.74, 6) is -0.578. The van der Waals surface area contributed by atoms with Crippen LogP contribution in [0.4, 0.5) is 4.39 Å². The van der Waals surface area contributed by atoms with Crippen LogP contribution < -0.4 is 5.56 Å². The zero-order chi connectivity index (χ0) is 17.1. The average Bonchev–Trinajstić information content (AvgIpc) is 2.54. The SMILES string of the molecule is C=Cc1c(-c2cccc(F)c2Cl)c(CC=O)n(C)c(=O)c1C=C. The summed E-state index contributed by atoms with van der Waals surface area (Å²) in [6.07, 6.45) is 3.59. The number of pyridine rings is 1. The third-order valence-corrected chi connectivity index (χ3v) is 4.08. The maximum absolute atomic E-state index is 13.9. The highest BCUT2D eigenvalue weighted by atomic mass is 35.5. The molecule has 0 aliphatic rings. The van der Waals surface area contributed by atoms with Crippen LogP contribution in [0.2, 0.25) is 5.02 Å². The number of nitrogens with zero attached hydrogens (tertiary/aromatic N) is 1. The van der Waals surface area contributed by atoms with Crippen LogP contribution in [-0.4, -0.2) is 10.9 Å².